The van der Waals surface area contributed by atoms with E-state index in [4.69, 9.17) is 14.8 Å². The van der Waals surface area contributed by atoms with Crippen LogP contribution in [0.25, 0.3) is 0 Å². The molecule has 2 N–H and O–H groups in total. The van der Waals surface area contributed by atoms with Gasteiger partial charge in [0.2, 0.25) is 0 Å². The monoisotopic (exact) mass is 265 g/mol. The zero-order valence-electron chi connectivity index (χ0n) is 11.0. The van der Waals surface area contributed by atoms with E-state index in [9.17, 15) is 0 Å². The molecule has 0 amide bonds. The number of likely N-dealkylation sites (tertiary alicyclic amines) is 1. The van der Waals surface area contributed by atoms with Gasteiger partial charge in [-0.1, -0.05) is 0 Å². The van der Waals surface area contributed by atoms with Gasteiger partial charge in [0.25, 0.3) is 0 Å². The van der Waals surface area contributed by atoms with Crippen molar-refractivity contribution in [3.8, 4) is 0 Å². The Hall–Kier alpha value is -0.885. The van der Waals surface area contributed by atoms with E-state index >= 15 is 0 Å². The molecule has 2 saturated heterocycles. The van der Waals surface area contributed by atoms with Gasteiger partial charge in [-0.15, -0.1) is 0 Å². The number of nitrogens with zero attached hydrogens (tertiary/aromatic N) is 3. The van der Waals surface area contributed by atoms with E-state index in [2.05, 4.69) is 10.00 Å². The van der Waals surface area contributed by atoms with Crippen molar-refractivity contribution in [2.24, 2.45) is 5.92 Å². The Morgan fingerprint density at radius 3 is 2.58 bits per heavy atom. The highest BCUT2D eigenvalue weighted by Gasteiger charge is 2.26. The molecule has 0 bridgehead atoms. The lowest BCUT2D eigenvalue weighted by atomic mass is 9.83. The summed E-state index contributed by atoms with van der Waals surface area (Å²) in [5.41, 5.74) is 0.467. The van der Waals surface area contributed by atoms with Crippen LogP contribution < -0.4 is 5.46 Å². The molecule has 0 unspecified atom stereocenters. The molecule has 2 aliphatic rings. The summed E-state index contributed by atoms with van der Waals surface area (Å²) in [6, 6.07) is 0.376. The van der Waals surface area contributed by atoms with Gasteiger partial charge in [-0.2, -0.15) is 5.10 Å². The molecule has 6 nitrogen and oxygen atoms in total. The van der Waals surface area contributed by atoms with Crippen molar-refractivity contribution in [1.82, 2.24) is 14.7 Å². The van der Waals surface area contributed by atoms with Crippen LogP contribution >= 0.6 is 0 Å². The summed E-state index contributed by atoms with van der Waals surface area (Å²) in [6.45, 7) is 5.14. The Morgan fingerprint density at radius 1 is 1.32 bits per heavy atom. The summed E-state index contributed by atoms with van der Waals surface area (Å²) in [7, 11) is -1.42. The van der Waals surface area contributed by atoms with Gasteiger partial charge >= 0.3 is 7.12 Å². The molecule has 7 heteroatoms. The molecule has 104 valence electrons. The van der Waals surface area contributed by atoms with Crippen molar-refractivity contribution >= 4 is 12.6 Å². The second-order valence-electron chi connectivity index (χ2n) is 5.56. The van der Waals surface area contributed by atoms with Crippen LogP contribution in [0, 0.1) is 5.92 Å². The number of hydrogen-bond donors (Lipinski definition) is 2. The summed E-state index contributed by atoms with van der Waals surface area (Å²) >= 11 is 0. The maximum atomic E-state index is 9.09. The van der Waals surface area contributed by atoms with E-state index in [1.165, 1.54) is 6.20 Å². The third-order valence-corrected chi connectivity index (χ3v) is 4.07. The average molecular weight is 265 g/mol. The fourth-order valence-electron chi connectivity index (χ4n) is 2.81. The number of ether oxygens (including phenoxy) is 1. The Bertz CT molecular complexity index is 414. The van der Waals surface area contributed by atoms with E-state index in [1.54, 1.807) is 6.20 Å². The number of piperidine rings is 1. The van der Waals surface area contributed by atoms with Gasteiger partial charge in [-0.3, -0.25) is 4.68 Å². The van der Waals surface area contributed by atoms with E-state index in [-0.39, 0.29) is 0 Å². The van der Waals surface area contributed by atoms with E-state index < -0.39 is 7.12 Å². The SMILES string of the molecule is OB(O)c1cnn(C2CCN(CC3COC3)CC2)c1. The van der Waals surface area contributed by atoms with Gasteiger partial charge in [0.15, 0.2) is 0 Å². The van der Waals surface area contributed by atoms with Crippen LogP contribution in [-0.2, 0) is 4.74 Å². The lowest BCUT2D eigenvalue weighted by Crippen LogP contribution is -2.43. The van der Waals surface area contributed by atoms with Crippen molar-refractivity contribution in [3.63, 3.8) is 0 Å². The normalized spacial score (nSPS) is 22.4. The Morgan fingerprint density at radius 2 is 2.05 bits per heavy atom. The molecule has 0 saturated carbocycles. The summed E-state index contributed by atoms with van der Waals surface area (Å²) in [5, 5.41) is 22.4. The van der Waals surface area contributed by atoms with Crippen LogP contribution in [0.3, 0.4) is 0 Å². The smallest absolute Gasteiger partial charge is 0.423 e. The van der Waals surface area contributed by atoms with E-state index in [0.717, 1.165) is 51.6 Å². The molecule has 1 aromatic rings. The third kappa shape index (κ3) is 3.00. The fraction of sp³-hybridized carbons (Fsp3) is 0.750. The lowest BCUT2D eigenvalue weighted by Gasteiger charge is -2.36. The molecule has 0 aromatic carbocycles. The Labute approximate surface area is 113 Å². The first-order valence-corrected chi connectivity index (χ1v) is 6.92. The average Bonchev–Trinajstić information content (AvgIpc) is 2.84. The second kappa shape index (κ2) is 5.62. The quantitative estimate of drug-likeness (QED) is 0.672. The van der Waals surface area contributed by atoms with Crippen molar-refractivity contribution in [2.45, 2.75) is 18.9 Å². The number of hydrogen-bond acceptors (Lipinski definition) is 5. The summed E-state index contributed by atoms with van der Waals surface area (Å²) in [6.07, 6.45) is 5.40. The molecule has 2 fully saturated rings. The highest BCUT2D eigenvalue weighted by molar-refractivity contribution is 6.58. The van der Waals surface area contributed by atoms with Gasteiger partial charge in [0.05, 0.1) is 19.3 Å². The standard InChI is InChI=1S/C12H20BN3O3/c17-13(18)11-5-14-16(7-11)12-1-3-15(4-2-12)6-10-8-19-9-10/h5,7,10,12,17-18H,1-4,6,8-9H2. The van der Waals surface area contributed by atoms with Crippen LogP contribution in [0.2, 0.25) is 0 Å². The van der Waals surface area contributed by atoms with E-state index in [0.29, 0.717) is 11.5 Å². The predicted molar refractivity (Wildman–Crippen MR) is 71.1 cm³/mol. The van der Waals surface area contributed by atoms with Crippen molar-refractivity contribution in [2.75, 3.05) is 32.8 Å². The van der Waals surface area contributed by atoms with Crippen molar-refractivity contribution in [3.05, 3.63) is 12.4 Å². The maximum absolute atomic E-state index is 9.09. The number of aromatic nitrogens is 2. The summed E-state index contributed by atoms with van der Waals surface area (Å²) in [4.78, 5) is 2.50. The van der Waals surface area contributed by atoms with Crippen molar-refractivity contribution in [1.29, 1.82) is 0 Å². The first-order chi connectivity index (χ1) is 9.22. The van der Waals surface area contributed by atoms with Gasteiger partial charge in [0, 0.05) is 43.4 Å². The molecule has 0 radical (unpaired) electrons. The van der Waals surface area contributed by atoms with Crippen LogP contribution in [0.4, 0.5) is 0 Å². The minimum atomic E-state index is -1.42. The first kappa shape index (κ1) is 13.1. The van der Waals surface area contributed by atoms with Gasteiger partial charge < -0.3 is 19.7 Å². The Kier molecular flexibility index (Phi) is 3.88. The molecule has 19 heavy (non-hydrogen) atoms. The number of rotatable bonds is 4. The molecule has 0 atom stereocenters. The molecular weight excluding hydrogens is 245 g/mol. The maximum Gasteiger partial charge on any atom is 0.491 e. The minimum Gasteiger partial charge on any atom is -0.423 e. The predicted octanol–water partition coefficient (Wildman–Crippen LogP) is -1.15. The second-order valence-corrected chi connectivity index (χ2v) is 5.56. The van der Waals surface area contributed by atoms with Crippen LogP contribution in [0.5, 0.6) is 0 Å². The highest BCUT2D eigenvalue weighted by atomic mass is 16.5. The van der Waals surface area contributed by atoms with Gasteiger partial charge in [-0.25, -0.2) is 0 Å². The Balaban J connectivity index is 1.51. The topological polar surface area (TPSA) is 70.8 Å². The molecule has 2 aliphatic heterocycles. The van der Waals surface area contributed by atoms with Crippen LogP contribution in [0.1, 0.15) is 18.9 Å². The zero-order chi connectivity index (χ0) is 13.2. The molecule has 1 aromatic heterocycles. The van der Waals surface area contributed by atoms with Gasteiger partial charge in [0.1, 0.15) is 0 Å². The molecule has 3 heterocycles. The summed E-state index contributed by atoms with van der Waals surface area (Å²) in [5.74, 6) is 0.720. The third-order valence-electron chi connectivity index (χ3n) is 4.07. The van der Waals surface area contributed by atoms with E-state index in [1.807, 2.05) is 4.68 Å². The highest BCUT2D eigenvalue weighted by Crippen LogP contribution is 2.23. The molecule has 0 spiro atoms. The fourth-order valence-corrected chi connectivity index (χ4v) is 2.81. The van der Waals surface area contributed by atoms with Gasteiger partial charge in [-0.05, 0) is 12.8 Å². The summed E-state index contributed by atoms with van der Waals surface area (Å²) < 4.78 is 7.08. The van der Waals surface area contributed by atoms with Crippen molar-refractivity contribution < 1.29 is 14.8 Å². The molecular formula is C12H20BN3O3. The minimum absolute atomic E-state index is 0.376. The molecule has 0 aliphatic carbocycles. The zero-order valence-corrected chi connectivity index (χ0v) is 11.0. The molecule has 3 rings (SSSR count). The first-order valence-electron chi connectivity index (χ1n) is 6.92. The van der Waals surface area contributed by atoms with Crippen LogP contribution in [0.15, 0.2) is 12.4 Å². The largest absolute Gasteiger partial charge is 0.491 e. The lowest BCUT2D eigenvalue weighted by molar-refractivity contribution is -0.0495. The van der Waals surface area contributed by atoms with Crippen LogP contribution in [-0.4, -0.2) is 64.7 Å².